The molecule has 24 heavy (non-hydrogen) atoms. The van der Waals surface area contributed by atoms with Crippen LogP contribution in [0.1, 0.15) is 10.4 Å². The Labute approximate surface area is 155 Å². The summed E-state index contributed by atoms with van der Waals surface area (Å²) < 4.78 is 6.07. The van der Waals surface area contributed by atoms with Crippen LogP contribution in [0.15, 0.2) is 46.9 Å². The average molecular weight is 425 g/mol. The van der Waals surface area contributed by atoms with Crippen LogP contribution in [0.25, 0.3) is 10.6 Å². The number of anilines is 1. The SMILES string of the molecule is COc1ccccc1C(=O)Nc1nnc(-c2ccc(Br)cc2Cl)s1. The first-order valence-corrected chi connectivity index (χ1v) is 8.80. The molecule has 0 atom stereocenters. The zero-order chi connectivity index (χ0) is 17.1. The van der Waals surface area contributed by atoms with E-state index >= 15 is 0 Å². The van der Waals surface area contributed by atoms with Crippen LogP contribution in [-0.2, 0) is 0 Å². The van der Waals surface area contributed by atoms with Crippen molar-refractivity contribution in [2.45, 2.75) is 0 Å². The summed E-state index contributed by atoms with van der Waals surface area (Å²) in [7, 11) is 1.52. The number of para-hydroxylation sites is 1. The fourth-order valence-corrected chi connectivity index (χ4v) is 3.64. The van der Waals surface area contributed by atoms with Crippen molar-refractivity contribution < 1.29 is 9.53 Å². The molecule has 0 aliphatic rings. The third kappa shape index (κ3) is 3.58. The molecule has 0 bridgehead atoms. The zero-order valence-corrected chi connectivity index (χ0v) is 15.6. The minimum Gasteiger partial charge on any atom is -0.496 e. The molecule has 1 N–H and O–H groups in total. The minimum absolute atomic E-state index is 0.308. The summed E-state index contributed by atoms with van der Waals surface area (Å²) in [6, 6.07) is 12.5. The highest BCUT2D eigenvalue weighted by Gasteiger charge is 2.15. The lowest BCUT2D eigenvalue weighted by Gasteiger charge is -2.06. The monoisotopic (exact) mass is 423 g/mol. The number of nitrogens with zero attached hydrogens (tertiary/aromatic N) is 2. The third-order valence-corrected chi connectivity index (χ3v) is 4.84. The molecule has 1 aromatic heterocycles. The van der Waals surface area contributed by atoms with Crippen LogP contribution in [-0.4, -0.2) is 23.2 Å². The Hall–Kier alpha value is -1.96. The number of aromatic nitrogens is 2. The van der Waals surface area contributed by atoms with E-state index in [2.05, 4.69) is 31.4 Å². The number of hydrogen-bond donors (Lipinski definition) is 1. The Morgan fingerprint density at radius 3 is 2.79 bits per heavy atom. The predicted octanol–water partition coefficient (Wildman–Crippen LogP) is 4.88. The smallest absolute Gasteiger partial charge is 0.261 e. The summed E-state index contributed by atoms with van der Waals surface area (Å²) >= 11 is 10.8. The molecule has 0 fully saturated rings. The van der Waals surface area contributed by atoms with Crippen molar-refractivity contribution >= 4 is 49.9 Å². The van der Waals surface area contributed by atoms with Crippen molar-refractivity contribution in [3.05, 3.63) is 57.5 Å². The van der Waals surface area contributed by atoms with E-state index in [1.807, 2.05) is 12.1 Å². The quantitative estimate of drug-likeness (QED) is 0.648. The molecule has 0 unspecified atom stereocenters. The Morgan fingerprint density at radius 1 is 1.25 bits per heavy atom. The Morgan fingerprint density at radius 2 is 2.04 bits per heavy atom. The summed E-state index contributed by atoms with van der Waals surface area (Å²) in [6.07, 6.45) is 0. The van der Waals surface area contributed by atoms with Crippen LogP contribution >= 0.6 is 38.9 Å². The van der Waals surface area contributed by atoms with Gasteiger partial charge in [0.15, 0.2) is 5.01 Å². The highest BCUT2D eigenvalue weighted by molar-refractivity contribution is 9.10. The molecule has 0 saturated heterocycles. The maximum atomic E-state index is 12.4. The molecule has 8 heteroatoms. The molecule has 1 amide bonds. The van der Waals surface area contributed by atoms with E-state index in [1.54, 1.807) is 30.3 Å². The van der Waals surface area contributed by atoms with Crippen molar-refractivity contribution in [3.63, 3.8) is 0 Å². The van der Waals surface area contributed by atoms with E-state index < -0.39 is 0 Å². The van der Waals surface area contributed by atoms with Crippen molar-refractivity contribution in [3.8, 4) is 16.3 Å². The van der Waals surface area contributed by atoms with E-state index in [9.17, 15) is 4.79 Å². The third-order valence-electron chi connectivity index (χ3n) is 3.16. The molecule has 0 aliphatic heterocycles. The van der Waals surface area contributed by atoms with Gasteiger partial charge in [-0.1, -0.05) is 51.0 Å². The largest absolute Gasteiger partial charge is 0.496 e. The predicted molar refractivity (Wildman–Crippen MR) is 99.0 cm³/mol. The lowest BCUT2D eigenvalue weighted by atomic mass is 10.2. The van der Waals surface area contributed by atoms with Gasteiger partial charge in [0, 0.05) is 10.0 Å². The first kappa shape index (κ1) is 16.9. The fourth-order valence-electron chi connectivity index (χ4n) is 2.04. The second-order valence-corrected chi connectivity index (χ2v) is 6.99. The number of rotatable bonds is 4. The van der Waals surface area contributed by atoms with Gasteiger partial charge in [0.25, 0.3) is 5.91 Å². The molecule has 0 radical (unpaired) electrons. The summed E-state index contributed by atoms with van der Waals surface area (Å²) in [5.41, 5.74) is 1.19. The van der Waals surface area contributed by atoms with Gasteiger partial charge in [0.1, 0.15) is 5.75 Å². The molecule has 1 heterocycles. The number of carbonyl (C=O) groups is 1. The second-order valence-electron chi connectivity index (χ2n) is 4.69. The highest BCUT2D eigenvalue weighted by atomic mass is 79.9. The van der Waals surface area contributed by atoms with Gasteiger partial charge >= 0.3 is 0 Å². The van der Waals surface area contributed by atoms with Crippen LogP contribution < -0.4 is 10.1 Å². The van der Waals surface area contributed by atoms with Crippen molar-refractivity contribution in [2.24, 2.45) is 0 Å². The van der Waals surface area contributed by atoms with Crippen molar-refractivity contribution in [1.82, 2.24) is 10.2 Å². The van der Waals surface area contributed by atoms with Crippen LogP contribution in [0.5, 0.6) is 5.75 Å². The number of methoxy groups -OCH3 is 1. The summed E-state index contributed by atoms with van der Waals surface area (Å²) in [4.78, 5) is 12.4. The number of halogens is 2. The van der Waals surface area contributed by atoms with Crippen LogP contribution in [0.3, 0.4) is 0 Å². The Bertz CT molecular complexity index is 901. The number of carbonyl (C=O) groups excluding carboxylic acids is 1. The second kappa shape index (κ2) is 7.29. The molecule has 3 aromatic rings. The van der Waals surface area contributed by atoms with Gasteiger partial charge in [-0.05, 0) is 30.3 Å². The van der Waals surface area contributed by atoms with Gasteiger partial charge in [-0.2, -0.15) is 0 Å². The van der Waals surface area contributed by atoms with E-state index in [1.165, 1.54) is 18.4 Å². The normalized spacial score (nSPS) is 10.5. The summed E-state index contributed by atoms with van der Waals surface area (Å²) in [5, 5.41) is 12.4. The number of nitrogens with one attached hydrogen (secondary N) is 1. The minimum atomic E-state index is -0.308. The van der Waals surface area contributed by atoms with Gasteiger partial charge < -0.3 is 4.74 Å². The lowest BCUT2D eigenvalue weighted by Crippen LogP contribution is -2.12. The van der Waals surface area contributed by atoms with Gasteiger partial charge in [0.05, 0.1) is 17.7 Å². The molecule has 3 rings (SSSR count). The fraction of sp³-hybridized carbons (Fsp3) is 0.0625. The van der Waals surface area contributed by atoms with Gasteiger partial charge in [0.2, 0.25) is 5.13 Å². The lowest BCUT2D eigenvalue weighted by molar-refractivity contribution is 0.102. The molecule has 0 saturated carbocycles. The first-order valence-electron chi connectivity index (χ1n) is 6.82. The molecule has 122 valence electrons. The van der Waals surface area contributed by atoms with E-state index in [4.69, 9.17) is 16.3 Å². The number of ether oxygens (including phenoxy) is 1. The van der Waals surface area contributed by atoms with Gasteiger partial charge in [-0.3, -0.25) is 10.1 Å². The molecular weight excluding hydrogens is 414 g/mol. The van der Waals surface area contributed by atoms with Gasteiger partial charge in [-0.25, -0.2) is 0 Å². The molecule has 5 nitrogen and oxygen atoms in total. The standard InChI is InChI=1S/C16H11BrClN3O2S/c1-23-13-5-3-2-4-11(13)14(22)19-16-21-20-15(24-16)10-7-6-9(17)8-12(10)18/h2-8H,1H3,(H,19,21,22). The Kier molecular flexibility index (Phi) is 5.13. The molecule has 0 aliphatic carbocycles. The van der Waals surface area contributed by atoms with Gasteiger partial charge in [-0.15, -0.1) is 10.2 Å². The maximum absolute atomic E-state index is 12.4. The summed E-state index contributed by atoms with van der Waals surface area (Å²) in [5.74, 6) is 0.188. The van der Waals surface area contributed by atoms with Crippen LogP contribution in [0.2, 0.25) is 5.02 Å². The Balaban J connectivity index is 1.82. The van der Waals surface area contributed by atoms with Crippen LogP contribution in [0.4, 0.5) is 5.13 Å². The molecule has 0 spiro atoms. The van der Waals surface area contributed by atoms with E-state index in [0.29, 0.717) is 26.5 Å². The molecule has 2 aromatic carbocycles. The van der Waals surface area contributed by atoms with E-state index in [0.717, 1.165) is 10.0 Å². The number of hydrogen-bond acceptors (Lipinski definition) is 5. The van der Waals surface area contributed by atoms with Crippen LogP contribution in [0, 0.1) is 0 Å². The van der Waals surface area contributed by atoms with Crippen molar-refractivity contribution in [1.29, 1.82) is 0 Å². The van der Waals surface area contributed by atoms with E-state index in [-0.39, 0.29) is 5.91 Å². The number of benzene rings is 2. The van der Waals surface area contributed by atoms with Crippen molar-refractivity contribution in [2.75, 3.05) is 12.4 Å². The summed E-state index contributed by atoms with van der Waals surface area (Å²) in [6.45, 7) is 0. The topological polar surface area (TPSA) is 64.1 Å². The average Bonchev–Trinajstić information content (AvgIpc) is 3.02. The number of amides is 1. The maximum Gasteiger partial charge on any atom is 0.261 e. The highest BCUT2D eigenvalue weighted by Crippen LogP contribution is 2.33. The zero-order valence-electron chi connectivity index (χ0n) is 12.4. The molecular formula is C16H11BrClN3O2S. The first-order chi connectivity index (χ1) is 11.6.